The zero-order valence-electron chi connectivity index (χ0n) is 18.3. The van der Waals surface area contributed by atoms with Crippen molar-refractivity contribution in [2.75, 3.05) is 5.32 Å². The molecule has 0 saturated heterocycles. The van der Waals surface area contributed by atoms with Crippen LogP contribution in [0.5, 0.6) is 5.75 Å². The molecule has 0 aliphatic carbocycles. The first kappa shape index (κ1) is 22.4. The summed E-state index contributed by atoms with van der Waals surface area (Å²) in [6, 6.07) is 26.7. The Balaban J connectivity index is 1.55. The summed E-state index contributed by atoms with van der Waals surface area (Å²) in [6.45, 7) is 1.89. The van der Waals surface area contributed by atoms with Crippen LogP contribution in [0, 0.1) is 6.92 Å². The number of para-hydroxylation sites is 1. The van der Waals surface area contributed by atoms with E-state index in [4.69, 9.17) is 4.74 Å². The van der Waals surface area contributed by atoms with Crippen molar-refractivity contribution in [2.45, 2.75) is 6.92 Å². The number of fused-ring (bicyclic) bond motifs is 1. The molecule has 0 bridgehead atoms. The van der Waals surface area contributed by atoms with Gasteiger partial charge >= 0.3 is 17.8 Å². The summed E-state index contributed by atoms with van der Waals surface area (Å²) in [7, 11) is 0. The highest BCUT2D eigenvalue weighted by atomic mass is 16.5. The number of rotatable bonds is 5. The van der Waals surface area contributed by atoms with E-state index in [2.05, 4.69) is 15.8 Å². The highest BCUT2D eigenvalue weighted by Gasteiger charge is 2.15. The molecule has 4 aromatic carbocycles. The Morgan fingerprint density at radius 2 is 1.59 bits per heavy atom. The van der Waals surface area contributed by atoms with Crippen molar-refractivity contribution < 1.29 is 19.1 Å². The second-order valence-corrected chi connectivity index (χ2v) is 7.48. The van der Waals surface area contributed by atoms with E-state index in [9.17, 15) is 14.4 Å². The Bertz CT molecular complexity index is 1400. The van der Waals surface area contributed by atoms with Crippen molar-refractivity contribution in [1.82, 2.24) is 5.43 Å². The van der Waals surface area contributed by atoms with E-state index in [1.165, 1.54) is 6.21 Å². The molecule has 2 N–H and O–H groups in total. The van der Waals surface area contributed by atoms with Gasteiger partial charge in [0.2, 0.25) is 0 Å². The zero-order chi connectivity index (χ0) is 23.9. The van der Waals surface area contributed by atoms with E-state index >= 15 is 0 Å². The zero-order valence-corrected chi connectivity index (χ0v) is 18.3. The largest absolute Gasteiger partial charge is 0.422 e. The van der Waals surface area contributed by atoms with Crippen LogP contribution in [0.4, 0.5) is 5.69 Å². The molecule has 0 radical (unpaired) electrons. The van der Waals surface area contributed by atoms with Crippen LogP contribution in [0.15, 0.2) is 96.1 Å². The molecule has 4 aromatic rings. The quantitative estimate of drug-likeness (QED) is 0.154. The van der Waals surface area contributed by atoms with Crippen LogP contribution in [-0.4, -0.2) is 24.0 Å². The molecule has 7 nitrogen and oxygen atoms in total. The van der Waals surface area contributed by atoms with E-state index in [0.29, 0.717) is 16.8 Å². The van der Waals surface area contributed by atoms with Crippen LogP contribution in [0.1, 0.15) is 21.5 Å². The van der Waals surface area contributed by atoms with Gasteiger partial charge in [0, 0.05) is 11.3 Å². The van der Waals surface area contributed by atoms with E-state index in [1.807, 2.05) is 43.3 Å². The van der Waals surface area contributed by atoms with E-state index < -0.39 is 17.8 Å². The highest BCUT2D eigenvalue weighted by Crippen LogP contribution is 2.27. The molecule has 0 aromatic heterocycles. The number of ether oxygens (including phenoxy) is 1. The SMILES string of the molecule is Cc1cccc(C(=O)Oc2ccc3ccccc3c2/C=N\NC(=O)C(=O)Nc2ccccc2)c1. The van der Waals surface area contributed by atoms with E-state index in [1.54, 1.807) is 54.6 Å². The number of hydrogen-bond donors (Lipinski definition) is 2. The molecule has 0 saturated carbocycles. The molecule has 0 unspecified atom stereocenters. The van der Waals surface area contributed by atoms with Gasteiger partial charge in [0.1, 0.15) is 5.75 Å². The predicted molar refractivity (Wildman–Crippen MR) is 131 cm³/mol. The molecule has 0 spiro atoms. The lowest BCUT2D eigenvalue weighted by molar-refractivity contribution is -0.136. The summed E-state index contributed by atoms with van der Waals surface area (Å²) in [4.78, 5) is 37.0. The number of carbonyl (C=O) groups is 3. The van der Waals surface area contributed by atoms with Crippen molar-refractivity contribution in [2.24, 2.45) is 5.10 Å². The molecule has 2 amide bonds. The molecule has 168 valence electrons. The monoisotopic (exact) mass is 451 g/mol. The average molecular weight is 451 g/mol. The number of nitrogens with one attached hydrogen (secondary N) is 2. The van der Waals surface area contributed by atoms with Gasteiger partial charge in [-0.05, 0) is 48.0 Å². The minimum Gasteiger partial charge on any atom is -0.422 e. The molecule has 0 heterocycles. The maximum Gasteiger partial charge on any atom is 0.343 e. The number of carbonyl (C=O) groups excluding carboxylic acids is 3. The number of hydrogen-bond acceptors (Lipinski definition) is 5. The predicted octanol–water partition coefficient (Wildman–Crippen LogP) is 4.46. The number of amides is 2. The van der Waals surface area contributed by atoms with Gasteiger partial charge in [-0.25, -0.2) is 10.2 Å². The van der Waals surface area contributed by atoms with Crippen LogP contribution in [0.25, 0.3) is 10.8 Å². The Morgan fingerprint density at radius 1 is 0.824 bits per heavy atom. The normalized spacial score (nSPS) is 10.7. The van der Waals surface area contributed by atoms with E-state index in [-0.39, 0.29) is 5.75 Å². The topological polar surface area (TPSA) is 96.9 Å². The summed E-state index contributed by atoms with van der Waals surface area (Å²) in [5.41, 5.74) is 4.55. The maximum atomic E-state index is 12.7. The van der Waals surface area contributed by atoms with Crippen molar-refractivity contribution >= 4 is 40.5 Å². The molecule has 7 heteroatoms. The van der Waals surface area contributed by atoms with Crippen LogP contribution in [0.2, 0.25) is 0 Å². The Morgan fingerprint density at radius 3 is 2.38 bits per heavy atom. The summed E-state index contributed by atoms with van der Waals surface area (Å²) < 4.78 is 5.66. The molecule has 4 rings (SSSR count). The van der Waals surface area contributed by atoms with Gasteiger partial charge in [0.25, 0.3) is 0 Å². The summed E-state index contributed by atoms with van der Waals surface area (Å²) in [5.74, 6) is -2.03. The second-order valence-electron chi connectivity index (χ2n) is 7.48. The third kappa shape index (κ3) is 5.34. The third-order valence-corrected chi connectivity index (χ3v) is 4.98. The van der Waals surface area contributed by atoms with Crippen molar-refractivity contribution in [3.8, 4) is 5.75 Å². The van der Waals surface area contributed by atoms with Crippen LogP contribution in [-0.2, 0) is 9.59 Å². The summed E-state index contributed by atoms with van der Waals surface area (Å²) in [6.07, 6.45) is 1.36. The van der Waals surface area contributed by atoms with Crippen LogP contribution < -0.4 is 15.5 Å². The molecule has 0 fully saturated rings. The van der Waals surface area contributed by atoms with Gasteiger partial charge in [0.15, 0.2) is 0 Å². The standard InChI is InChI=1S/C27H21N3O4/c1-18-8-7-10-20(16-18)27(33)34-24-15-14-19-9-5-6-13-22(19)23(24)17-28-30-26(32)25(31)29-21-11-3-2-4-12-21/h2-17H,1H3,(H,29,31)(H,30,32)/b28-17-. The second kappa shape index (κ2) is 10.2. The molecule has 34 heavy (non-hydrogen) atoms. The lowest BCUT2D eigenvalue weighted by Crippen LogP contribution is -2.32. The van der Waals surface area contributed by atoms with Gasteiger partial charge in [-0.3, -0.25) is 9.59 Å². The molecule has 0 aliphatic heterocycles. The fraction of sp³-hybridized carbons (Fsp3) is 0.0370. The number of benzene rings is 4. The van der Waals surface area contributed by atoms with Crippen LogP contribution in [0.3, 0.4) is 0 Å². The first-order valence-corrected chi connectivity index (χ1v) is 10.5. The number of anilines is 1. The molecule has 0 atom stereocenters. The van der Waals surface area contributed by atoms with Crippen LogP contribution >= 0.6 is 0 Å². The first-order valence-electron chi connectivity index (χ1n) is 10.5. The van der Waals surface area contributed by atoms with Gasteiger partial charge in [-0.2, -0.15) is 5.10 Å². The maximum absolute atomic E-state index is 12.7. The van der Waals surface area contributed by atoms with E-state index in [0.717, 1.165) is 16.3 Å². The number of aryl methyl sites for hydroxylation is 1. The summed E-state index contributed by atoms with van der Waals surface area (Å²) in [5, 5.41) is 8.08. The smallest absolute Gasteiger partial charge is 0.343 e. The van der Waals surface area contributed by atoms with Gasteiger partial charge < -0.3 is 10.1 Å². The van der Waals surface area contributed by atoms with Crippen molar-refractivity contribution in [1.29, 1.82) is 0 Å². The number of esters is 1. The molecular weight excluding hydrogens is 430 g/mol. The lowest BCUT2D eigenvalue weighted by atomic mass is 10.0. The summed E-state index contributed by atoms with van der Waals surface area (Å²) >= 11 is 0. The lowest BCUT2D eigenvalue weighted by Gasteiger charge is -2.11. The Kier molecular flexibility index (Phi) is 6.74. The molecular formula is C27H21N3O4. The number of nitrogens with zero attached hydrogens (tertiary/aromatic N) is 1. The van der Waals surface area contributed by atoms with Gasteiger partial charge in [0.05, 0.1) is 11.8 Å². The first-order chi connectivity index (χ1) is 16.5. The third-order valence-electron chi connectivity index (χ3n) is 4.98. The number of hydrazone groups is 1. The fourth-order valence-corrected chi connectivity index (χ4v) is 3.34. The Hall–Kier alpha value is -4.78. The fourth-order valence-electron chi connectivity index (χ4n) is 3.34. The van der Waals surface area contributed by atoms with Gasteiger partial charge in [-0.1, -0.05) is 66.2 Å². The highest BCUT2D eigenvalue weighted by molar-refractivity contribution is 6.39. The molecule has 0 aliphatic rings. The van der Waals surface area contributed by atoms with Gasteiger partial charge in [-0.15, -0.1) is 0 Å². The average Bonchev–Trinajstić information content (AvgIpc) is 2.85. The Labute approximate surface area is 196 Å². The minimum atomic E-state index is -0.932. The minimum absolute atomic E-state index is 0.275. The van der Waals surface area contributed by atoms with Crippen molar-refractivity contribution in [3.05, 3.63) is 108 Å². The van der Waals surface area contributed by atoms with Crippen molar-refractivity contribution in [3.63, 3.8) is 0 Å².